The van der Waals surface area contributed by atoms with Crippen molar-refractivity contribution in [1.82, 2.24) is 0 Å². The Labute approximate surface area is 107 Å². The second-order valence-corrected chi connectivity index (χ2v) is 4.43. The second-order valence-electron chi connectivity index (χ2n) is 4.43. The topological polar surface area (TPSA) is 37.3 Å². The number of carbonyl (C=O) groups excluding carboxylic acids is 1. The molecule has 2 aromatic rings. The van der Waals surface area contributed by atoms with Gasteiger partial charge in [-0.2, -0.15) is 0 Å². The van der Waals surface area contributed by atoms with Gasteiger partial charge in [-0.1, -0.05) is 42.5 Å². The van der Waals surface area contributed by atoms with Crippen LogP contribution in [0.1, 0.15) is 28.4 Å². The van der Waals surface area contributed by atoms with E-state index in [0.29, 0.717) is 0 Å². The van der Waals surface area contributed by atoms with Crippen molar-refractivity contribution >= 4 is 5.78 Å². The molecule has 18 heavy (non-hydrogen) atoms. The summed E-state index contributed by atoms with van der Waals surface area (Å²) in [6, 6.07) is 13.5. The van der Waals surface area contributed by atoms with Crippen molar-refractivity contribution in [2.24, 2.45) is 0 Å². The van der Waals surface area contributed by atoms with E-state index in [1.807, 2.05) is 49.4 Å². The molecular formula is C16H16O2. The minimum atomic E-state index is 0.0649. The zero-order valence-corrected chi connectivity index (χ0v) is 10.6. The molecule has 0 saturated heterocycles. The maximum atomic E-state index is 11.2. The van der Waals surface area contributed by atoms with Crippen molar-refractivity contribution in [2.45, 2.75) is 20.5 Å². The van der Waals surface area contributed by atoms with Gasteiger partial charge in [0.05, 0.1) is 6.61 Å². The van der Waals surface area contributed by atoms with E-state index in [9.17, 15) is 4.79 Å². The van der Waals surface area contributed by atoms with Gasteiger partial charge < -0.3 is 5.11 Å². The van der Waals surface area contributed by atoms with Gasteiger partial charge >= 0.3 is 0 Å². The number of aryl methyl sites for hydroxylation is 1. The summed E-state index contributed by atoms with van der Waals surface area (Å²) in [5.74, 6) is 0.0772. The quantitative estimate of drug-likeness (QED) is 0.835. The number of benzene rings is 2. The van der Waals surface area contributed by atoms with Crippen LogP contribution in [0.5, 0.6) is 0 Å². The Bertz CT molecular complexity index is 568. The number of hydrogen-bond acceptors (Lipinski definition) is 2. The Kier molecular flexibility index (Phi) is 3.58. The summed E-state index contributed by atoms with van der Waals surface area (Å²) < 4.78 is 0. The molecule has 2 aromatic carbocycles. The molecule has 1 N–H and O–H groups in total. The molecule has 0 amide bonds. The molecule has 0 saturated carbocycles. The fourth-order valence-electron chi connectivity index (χ4n) is 1.95. The standard InChI is InChI=1S/C16H16O2/c1-11-9-15(7-8-16(11)10-17)14-5-3-13(4-6-14)12(2)18/h3-9,17H,10H2,1-2H3. The number of Topliss-reactive ketones (excluding diaryl/α,β-unsaturated/α-hetero) is 1. The third-order valence-electron chi connectivity index (χ3n) is 3.14. The second kappa shape index (κ2) is 5.15. The van der Waals surface area contributed by atoms with E-state index in [4.69, 9.17) is 5.11 Å². The highest BCUT2D eigenvalue weighted by atomic mass is 16.3. The molecule has 0 aromatic heterocycles. The fraction of sp³-hybridized carbons (Fsp3) is 0.188. The molecule has 0 heterocycles. The summed E-state index contributed by atoms with van der Waals surface area (Å²) in [6.07, 6.45) is 0. The van der Waals surface area contributed by atoms with Crippen molar-refractivity contribution in [3.8, 4) is 11.1 Å². The molecule has 0 aliphatic heterocycles. The van der Waals surface area contributed by atoms with Gasteiger partial charge in [-0.25, -0.2) is 0 Å². The number of hydrogen-bond donors (Lipinski definition) is 1. The molecule has 0 bridgehead atoms. The molecule has 0 spiro atoms. The SMILES string of the molecule is CC(=O)c1ccc(-c2ccc(CO)c(C)c2)cc1. The Morgan fingerprint density at radius 3 is 2.17 bits per heavy atom. The normalized spacial score (nSPS) is 10.4. The van der Waals surface area contributed by atoms with E-state index in [-0.39, 0.29) is 12.4 Å². The van der Waals surface area contributed by atoms with Crippen LogP contribution in [0.4, 0.5) is 0 Å². The van der Waals surface area contributed by atoms with Gasteiger partial charge in [0.25, 0.3) is 0 Å². The van der Waals surface area contributed by atoms with Crippen LogP contribution in [0, 0.1) is 6.92 Å². The Balaban J connectivity index is 2.36. The summed E-state index contributed by atoms with van der Waals surface area (Å²) in [5, 5.41) is 9.14. The zero-order valence-electron chi connectivity index (χ0n) is 10.6. The number of aliphatic hydroxyl groups excluding tert-OH is 1. The van der Waals surface area contributed by atoms with Crippen molar-refractivity contribution in [3.63, 3.8) is 0 Å². The van der Waals surface area contributed by atoms with E-state index in [1.54, 1.807) is 6.92 Å². The predicted octanol–water partition coefficient (Wildman–Crippen LogP) is 3.36. The van der Waals surface area contributed by atoms with E-state index >= 15 is 0 Å². The molecule has 2 nitrogen and oxygen atoms in total. The highest BCUT2D eigenvalue weighted by Gasteiger charge is 2.03. The van der Waals surface area contributed by atoms with Crippen LogP contribution < -0.4 is 0 Å². The highest BCUT2D eigenvalue weighted by Crippen LogP contribution is 2.23. The van der Waals surface area contributed by atoms with Crippen LogP contribution in [0.25, 0.3) is 11.1 Å². The van der Waals surface area contributed by atoms with Gasteiger partial charge in [-0.05, 0) is 36.1 Å². The summed E-state index contributed by atoms with van der Waals surface area (Å²) in [7, 11) is 0. The molecule has 0 aliphatic rings. The first-order valence-corrected chi connectivity index (χ1v) is 5.93. The molecule has 92 valence electrons. The summed E-state index contributed by atoms with van der Waals surface area (Å²) in [4.78, 5) is 11.2. The largest absolute Gasteiger partial charge is 0.392 e. The van der Waals surface area contributed by atoms with E-state index in [1.165, 1.54) is 0 Å². The first-order valence-electron chi connectivity index (χ1n) is 5.93. The monoisotopic (exact) mass is 240 g/mol. The summed E-state index contributed by atoms with van der Waals surface area (Å²) in [6.45, 7) is 3.61. The molecule has 0 aliphatic carbocycles. The Hall–Kier alpha value is -1.93. The molecule has 0 radical (unpaired) electrons. The van der Waals surface area contributed by atoms with E-state index in [2.05, 4.69) is 0 Å². The lowest BCUT2D eigenvalue weighted by atomic mass is 9.99. The van der Waals surface area contributed by atoms with Crippen LogP contribution in [0.3, 0.4) is 0 Å². The first-order chi connectivity index (χ1) is 8.61. The van der Waals surface area contributed by atoms with Crippen LogP contribution in [0.15, 0.2) is 42.5 Å². The van der Waals surface area contributed by atoms with Gasteiger partial charge in [0.2, 0.25) is 0 Å². The van der Waals surface area contributed by atoms with Gasteiger partial charge in [-0.15, -0.1) is 0 Å². The maximum absolute atomic E-state index is 11.2. The maximum Gasteiger partial charge on any atom is 0.159 e. The van der Waals surface area contributed by atoms with Crippen molar-refractivity contribution in [1.29, 1.82) is 0 Å². The van der Waals surface area contributed by atoms with Crippen molar-refractivity contribution in [3.05, 3.63) is 59.2 Å². The van der Waals surface area contributed by atoms with Gasteiger partial charge in [0.15, 0.2) is 5.78 Å². The molecule has 2 heteroatoms. The van der Waals surface area contributed by atoms with Crippen LogP contribution in [-0.2, 0) is 6.61 Å². The number of rotatable bonds is 3. The van der Waals surface area contributed by atoms with Crippen LogP contribution in [-0.4, -0.2) is 10.9 Å². The summed E-state index contributed by atoms with van der Waals surface area (Å²) in [5.41, 5.74) is 4.92. The lowest BCUT2D eigenvalue weighted by Gasteiger charge is -2.07. The summed E-state index contributed by atoms with van der Waals surface area (Å²) >= 11 is 0. The lowest BCUT2D eigenvalue weighted by molar-refractivity contribution is 0.101. The Morgan fingerprint density at radius 1 is 1.06 bits per heavy atom. The average Bonchev–Trinajstić information content (AvgIpc) is 2.38. The van der Waals surface area contributed by atoms with Crippen LogP contribution in [0.2, 0.25) is 0 Å². The third-order valence-corrected chi connectivity index (χ3v) is 3.14. The average molecular weight is 240 g/mol. The molecule has 2 rings (SSSR count). The third kappa shape index (κ3) is 2.49. The van der Waals surface area contributed by atoms with Crippen LogP contribution >= 0.6 is 0 Å². The molecular weight excluding hydrogens is 224 g/mol. The zero-order chi connectivity index (χ0) is 13.1. The smallest absolute Gasteiger partial charge is 0.159 e. The molecule has 0 unspecified atom stereocenters. The predicted molar refractivity (Wildman–Crippen MR) is 72.5 cm³/mol. The minimum absolute atomic E-state index is 0.0649. The van der Waals surface area contributed by atoms with E-state index < -0.39 is 0 Å². The first kappa shape index (κ1) is 12.5. The highest BCUT2D eigenvalue weighted by molar-refractivity contribution is 5.94. The van der Waals surface area contributed by atoms with Gasteiger partial charge in [0.1, 0.15) is 0 Å². The number of carbonyl (C=O) groups is 1. The Morgan fingerprint density at radius 2 is 1.67 bits per heavy atom. The number of aliphatic hydroxyl groups is 1. The fourth-order valence-corrected chi connectivity index (χ4v) is 1.95. The van der Waals surface area contributed by atoms with Gasteiger partial charge in [0, 0.05) is 5.56 Å². The van der Waals surface area contributed by atoms with Crippen molar-refractivity contribution in [2.75, 3.05) is 0 Å². The molecule has 0 atom stereocenters. The van der Waals surface area contributed by atoms with Crippen molar-refractivity contribution < 1.29 is 9.90 Å². The molecule has 0 fully saturated rings. The minimum Gasteiger partial charge on any atom is -0.392 e. The lowest BCUT2D eigenvalue weighted by Crippen LogP contribution is -1.92. The van der Waals surface area contributed by atoms with Gasteiger partial charge in [-0.3, -0.25) is 4.79 Å². The number of ketones is 1. The van der Waals surface area contributed by atoms with E-state index in [0.717, 1.165) is 27.8 Å².